The highest BCUT2D eigenvalue weighted by atomic mass is 79.9. The number of amides is 1. The van der Waals surface area contributed by atoms with Crippen molar-refractivity contribution in [3.63, 3.8) is 0 Å². The number of carbonyl (C=O) groups excluding carboxylic acids is 1. The molecule has 0 aliphatic carbocycles. The van der Waals surface area contributed by atoms with Gasteiger partial charge in [-0.15, -0.1) is 0 Å². The van der Waals surface area contributed by atoms with Crippen molar-refractivity contribution in [2.75, 3.05) is 11.1 Å². The molecule has 1 amide bonds. The number of hydrogen-bond donors (Lipinski definition) is 2. The molecule has 3 nitrogen and oxygen atoms in total. The van der Waals surface area contributed by atoms with Gasteiger partial charge in [0.2, 0.25) is 0 Å². The van der Waals surface area contributed by atoms with E-state index in [0.29, 0.717) is 20.3 Å². The second-order valence-corrected chi connectivity index (χ2v) is 5.58. The third-order valence-electron chi connectivity index (χ3n) is 2.43. The van der Waals surface area contributed by atoms with E-state index in [9.17, 15) is 9.18 Å². The van der Waals surface area contributed by atoms with E-state index in [4.69, 9.17) is 5.73 Å². The Bertz CT molecular complexity index is 647. The largest absolute Gasteiger partial charge is 0.398 e. The van der Waals surface area contributed by atoms with Crippen molar-refractivity contribution >= 4 is 49.1 Å². The SMILES string of the molecule is Nc1ccc(NC(=O)c2ccc(Br)cc2F)cc1Br. The molecule has 0 heterocycles. The fraction of sp³-hybridized carbons (Fsp3) is 0. The summed E-state index contributed by atoms with van der Waals surface area (Å²) >= 11 is 6.40. The highest BCUT2D eigenvalue weighted by Gasteiger charge is 2.12. The van der Waals surface area contributed by atoms with Crippen molar-refractivity contribution in [2.24, 2.45) is 0 Å². The van der Waals surface area contributed by atoms with Crippen molar-refractivity contribution in [1.82, 2.24) is 0 Å². The number of hydrogen-bond acceptors (Lipinski definition) is 2. The predicted molar refractivity (Wildman–Crippen MR) is 80.6 cm³/mol. The Morgan fingerprint density at radius 3 is 2.53 bits per heavy atom. The van der Waals surface area contributed by atoms with Gasteiger partial charge in [-0.05, 0) is 52.3 Å². The van der Waals surface area contributed by atoms with E-state index in [1.54, 1.807) is 24.3 Å². The number of nitrogen functional groups attached to an aromatic ring is 1. The van der Waals surface area contributed by atoms with Crippen molar-refractivity contribution in [1.29, 1.82) is 0 Å². The van der Waals surface area contributed by atoms with Gasteiger partial charge in [-0.1, -0.05) is 15.9 Å². The lowest BCUT2D eigenvalue weighted by molar-refractivity contribution is 0.102. The summed E-state index contributed by atoms with van der Waals surface area (Å²) in [6, 6.07) is 9.22. The molecule has 19 heavy (non-hydrogen) atoms. The summed E-state index contributed by atoms with van der Waals surface area (Å²) < 4.78 is 14.9. The van der Waals surface area contributed by atoms with Crippen LogP contribution in [0.2, 0.25) is 0 Å². The molecule has 0 spiro atoms. The van der Waals surface area contributed by atoms with Gasteiger partial charge >= 0.3 is 0 Å². The number of halogens is 3. The maximum Gasteiger partial charge on any atom is 0.258 e. The maximum atomic E-state index is 13.6. The standard InChI is InChI=1S/C13H9Br2FN2O/c14-7-1-3-9(11(16)5-7)13(19)18-8-2-4-12(17)10(15)6-8/h1-6H,17H2,(H,18,19). The van der Waals surface area contributed by atoms with Crippen molar-refractivity contribution in [2.45, 2.75) is 0 Å². The summed E-state index contributed by atoms with van der Waals surface area (Å²) in [6.45, 7) is 0. The van der Waals surface area contributed by atoms with Gasteiger partial charge in [0, 0.05) is 20.3 Å². The number of nitrogens with one attached hydrogen (secondary N) is 1. The van der Waals surface area contributed by atoms with Gasteiger partial charge in [-0.3, -0.25) is 4.79 Å². The van der Waals surface area contributed by atoms with Crippen LogP contribution in [0.5, 0.6) is 0 Å². The fourth-order valence-corrected chi connectivity index (χ4v) is 2.19. The molecular formula is C13H9Br2FN2O. The van der Waals surface area contributed by atoms with Crippen LogP contribution in [0.1, 0.15) is 10.4 Å². The molecular weight excluding hydrogens is 379 g/mol. The number of rotatable bonds is 2. The van der Waals surface area contributed by atoms with Crippen LogP contribution >= 0.6 is 31.9 Å². The molecule has 0 aliphatic rings. The zero-order valence-corrected chi connectivity index (χ0v) is 12.8. The van der Waals surface area contributed by atoms with Gasteiger partial charge in [-0.25, -0.2) is 4.39 Å². The molecule has 0 saturated carbocycles. The first-order valence-electron chi connectivity index (χ1n) is 5.29. The summed E-state index contributed by atoms with van der Waals surface area (Å²) in [7, 11) is 0. The molecule has 0 saturated heterocycles. The zero-order valence-electron chi connectivity index (χ0n) is 9.58. The van der Waals surface area contributed by atoms with E-state index in [1.165, 1.54) is 12.1 Å². The molecule has 2 rings (SSSR count). The zero-order chi connectivity index (χ0) is 14.0. The molecule has 3 N–H and O–H groups in total. The molecule has 0 aromatic heterocycles. The minimum absolute atomic E-state index is 0.0175. The van der Waals surface area contributed by atoms with Crippen LogP contribution < -0.4 is 11.1 Å². The lowest BCUT2D eigenvalue weighted by Gasteiger charge is -2.08. The normalized spacial score (nSPS) is 10.3. The second-order valence-electron chi connectivity index (χ2n) is 3.81. The van der Waals surface area contributed by atoms with Crippen molar-refractivity contribution in [3.05, 3.63) is 56.7 Å². The van der Waals surface area contributed by atoms with Crippen LogP contribution in [0.4, 0.5) is 15.8 Å². The Hall–Kier alpha value is -1.40. The fourth-order valence-electron chi connectivity index (χ4n) is 1.48. The molecule has 98 valence electrons. The average molecular weight is 388 g/mol. The molecule has 6 heteroatoms. The molecule has 2 aromatic carbocycles. The van der Waals surface area contributed by atoms with Crippen LogP contribution in [0, 0.1) is 5.82 Å². The summed E-state index contributed by atoms with van der Waals surface area (Å²) in [4.78, 5) is 11.9. The van der Waals surface area contributed by atoms with Crippen LogP contribution in [-0.2, 0) is 0 Å². The third kappa shape index (κ3) is 3.33. The molecule has 0 bridgehead atoms. The number of nitrogens with two attached hydrogens (primary N) is 1. The Labute approximate surface area is 126 Å². The second kappa shape index (κ2) is 5.71. The monoisotopic (exact) mass is 386 g/mol. The van der Waals surface area contributed by atoms with Crippen LogP contribution in [0.3, 0.4) is 0 Å². The van der Waals surface area contributed by atoms with Gasteiger partial charge in [0.25, 0.3) is 5.91 Å². The van der Waals surface area contributed by atoms with Crippen LogP contribution in [0.25, 0.3) is 0 Å². The van der Waals surface area contributed by atoms with E-state index in [2.05, 4.69) is 37.2 Å². The summed E-state index contributed by atoms with van der Waals surface area (Å²) in [5.74, 6) is -1.09. The molecule has 0 atom stereocenters. The topological polar surface area (TPSA) is 55.1 Å². The van der Waals surface area contributed by atoms with Gasteiger partial charge in [0.15, 0.2) is 0 Å². The smallest absolute Gasteiger partial charge is 0.258 e. The third-order valence-corrected chi connectivity index (χ3v) is 3.61. The van der Waals surface area contributed by atoms with E-state index >= 15 is 0 Å². The molecule has 0 aliphatic heterocycles. The van der Waals surface area contributed by atoms with Gasteiger partial charge in [-0.2, -0.15) is 0 Å². The van der Waals surface area contributed by atoms with Crippen molar-refractivity contribution in [3.8, 4) is 0 Å². The first kappa shape index (κ1) is 14.0. The maximum absolute atomic E-state index is 13.6. The van der Waals surface area contributed by atoms with Gasteiger partial charge in [0.05, 0.1) is 5.56 Å². The first-order valence-corrected chi connectivity index (χ1v) is 6.87. The Kier molecular flexibility index (Phi) is 4.21. The number of carbonyl (C=O) groups is 1. The van der Waals surface area contributed by atoms with E-state index < -0.39 is 11.7 Å². The molecule has 2 aromatic rings. The Morgan fingerprint density at radius 1 is 1.16 bits per heavy atom. The van der Waals surface area contributed by atoms with Crippen LogP contribution in [-0.4, -0.2) is 5.91 Å². The Morgan fingerprint density at radius 2 is 1.89 bits per heavy atom. The molecule has 0 radical (unpaired) electrons. The van der Waals surface area contributed by atoms with Crippen LogP contribution in [0.15, 0.2) is 45.3 Å². The summed E-state index contributed by atoms with van der Waals surface area (Å²) in [5.41, 5.74) is 6.73. The quantitative estimate of drug-likeness (QED) is 0.759. The van der Waals surface area contributed by atoms with Gasteiger partial charge in [0.1, 0.15) is 5.82 Å². The van der Waals surface area contributed by atoms with Gasteiger partial charge < -0.3 is 11.1 Å². The summed E-state index contributed by atoms with van der Waals surface area (Å²) in [6.07, 6.45) is 0. The number of benzene rings is 2. The lowest BCUT2D eigenvalue weighted by Crippen LogP contribution is -2.13. The highest BCUT2D eigenvalue weighted by Crippen LogP contribution is 2.24. The minimum atomic E-state index is -0.582. The van der Waals surface area contributed by atoms with E-state index in [0.717, 1.165) is 0 Å². The Balaban J connectivity index is 2.23. The van der Waals surface area contributed by atoms with Crippen molar-refractivity contribution < 1.29 is 9.18 Å². The molecule has 0 fully saturated rings. The average Bonchev–Trinajstić information content (AvgIpc) is 2.33. The lowest BCUT2D eigenvalue weighted by atomic mass is 10.2. The number of anilines is 2. The minimum Gasteiger partial charge on any atom is -0.398 e. The first-order chi connectivity index (χ1) is 8.97. The summed E-state index contributed by atoms with van der Waals surface area (Å²) in [5, 5.41) is 2.61. The van der Waals surface area contributed by atoms with E-state index in [1.807, 2.05) is 0 Å². The predicted octanol–water partition coefficient (Wildman–Crippen LogP) is 4.19. The van der Waals surface area contributed by atoms with E-state index in [-0.39, 0.29) is 5.56 Å². The highest BCUT2D eigenvalue weighted by molar-refractivity contribution is 9.10. The molecule has 0 unspecified atom stereocenters.